The molecule has 2 heterocycles. The summed E-state index contributed by atoms with van der Waals surface area (Å²) in [4.78, 5) is 11.4. The molecule has 0 amide bonds. The Morgan fingerprint density at radius 1 is 1.44 bits per heavy atom. The van der Waals surface area contributed by atoms with Crippen LogP contribution in [-0.2, 0) is 6.42 Å². The van der Waals surface area contributed by atoms with Gasteiger partial charge in [-0.1, -0.05) is 19.0 Å². The van der Waals surface area contributed by atoms with Crippen molar-refractivity contribution in [1.29, 1.82) is 0 Å². The first kappa shape index (κ1) is 12.8. The maximum absolute atomic E-state index is 5.24. The highest BCUT2D eigenvalue weighted by Gasteiger charge is 2.15. The highest BCUT2D eigenvalue weighted by atomic mass is 16.5. The molecule has 0 spiro atoms. The Morgan fingerprint density at radius 2 is 2.28 bits per heavy atom. The third kappa shape index (κ3) is 3.16. The molecule has 0 aliphatic heterocycles. The SMILES string of the molecule is CNC(Cc1nc(-c2ncc[nH]2)no1)CC(C)C. The average molecular weight is 249 g/mol. The molecule has 0 aliphatic carbocycles. The minimum Gasteiger partial charge on any atom is -0.342 e. The highest BCUT2D eigenvalue weighted by molar-refractivity contribution is 5.40. The van der Waals surface area contributed by atoms with Crippen molar-refractivity contribution < 1.29 is 4.52 Å². The Kier molecular flexibility index (Phi) is 4.09. The van der Waals surface area contributed by atoms with E-state index in [1.54, 1.807) is 12.4 Å². The molecule has 1 unspecified atom stereocenters. The van der Waals surface area contributed by atoms with Crippen molar-refractivity contribution in [3.05, 3.63) is 18.3 Å². The second-order valence-corrected chi connectivity index (χ2v) is 4.77. The standard InChI is InChI=1S/C12H19N5O/c1-8(2)6-9(13-3)7-10-16-12(17-18-10)11-14-4-5-15-11/h4-5,8-9,13H,6-7H2,1-3H3,(H,14,15). The third-order valence-corrected chi connectivity index (χ3v) is 2.76. The first-order valence-corrected chi connectivity index (χ1v) is 6.18. The van der Waals surface area contributed by atoms with Gasteiger partial charge in [0.1, 0.15) is 0 Å². The predicted octanol–water partition coefficient (Wildman–Crippen LogP) is 1.64. The van der Waals surface area contributed by atoms with E-state index >= 15 is 0 Å². The minimum absolute atomic E-state index is 0.356. The van der Waals surface area contributed by atoms with Crippen molar-refractivity contribution in [2.24, 2.45) is 5.92 Å². The molecule has 0 fully saturated rings. The Balaban J connectivity index is 2.01. The lowest BCUT2D eigenvalue weighted by Gasteiger charge is -2.15. The molecular formula is C12H19N5O. The van der Waals surface area contributed by atoms with E-state index < -0.39 is 0 Å². The van der Waals surface area contributed by atoms with E-state index in [0.29, 0.717) is 29.5 Å². The molecule has 18 heavy (non-hydrogen) atoms. The molecule has 98 valence electrons. The van der Waals surface area contributed by atoms with Crippen LogP contribution >= 0.6 is 0 Å². The molecule has 0 aliphatic rings. The van der Waals surface area contributed by atoms with Gasteiger partial charge in [0.2, 0.25) is 11.7 Å². The van der Waals surface area contributed by atoms with Crippen LogP contribution in [0, 0.1) is 5.92 Å². The minimum atomic E-state index is 0.356. The number of likely N-dealkylation sites (N-methyl/N-ethyl adjacent to an activating group) is 1. The largest absolute Gasteiger partial charge is 0.342 e. The van der Waals surface area contributed by atoms with E-state index in [4.69, 9.17) is 4.52 Å². The predicted molar refractivity (Wildman–Crippen MR) is 67.9 cm³/mol. The smallest absolute Gasteiger partial charge is 0.238 e. The first-order valence-electron chi connectivity index (χ1n) is 6.18. The molecule has 0 saturated carbocycles. The monoisotopic (exact) mass is 249 g/mol. The summed E-state index contributed by atoms with van der Waals surface area (Å²) in [7, 11) is 1.96. The Bertz CT molecular complexity index is 463. The van der Waals surface area contributed by atoms with Gasteiger partial charge in [-0.15, -0.1) is 0 Å². The van der Waals surface area contributed by atoms with Gasteiger partial charge in [0.15, 0.2) is 5.82 Å². The van der Waals surface area contributed by atoms with Gasteiger partial charge in [-0.2, -0.15) is 4.98 Å². The molecule has 2 aromatic heterocycles. The number of hydrogen-bond donors (Lipinski definition) is 2. The van der Waals surface area contributed by atoms with Gasteiger partial charge >= 0.3 is 0 Å². The zero-order chi connectivity index (χ0) is 13.0. The van der Waals surface area contributed by atoms with Crippen molar-refractivity contribution in [2.45, 2.75) is 32.7 Å². The average Bonchev–Trinajstić information content (AvgIpc) is 2.97. The Morgan fingerprint density at radius 3 is 2.89 bits per heavy atom. The summed E-state index contributed by atoms with van der Waals surface area (Å²) in [5.74, 6) is 2.42. The van der Waals surface area contributed by atoms with Crippen LogP contribution in [0.1, 0.15) is 26.2 Å². The lowest BCUT2D eigenvalue weighted by molar-refractivity contribution is 0.345. The molecule has 0 radical (unpaired) electrons. The van der Waals surface area contributed by atoms with Crippen molar-refractivity contribution >= 4 is 0 Å². The molecule has 6 heteroatoms. The summed E-state index contributed by atoms with van der Waals surface area (Å²) in [5.41, 5.74) is 0. The highest BCUT2D eigenvalue weighted by Crippen LogP contribution is 2.13. The second kappa shape index (κ2) is 5.77. The van der Waals surface area contributed by atoms with Gasteiger partial charge in [-0.05, 0) is 19.4 Å². The van der Waals surface area contributed by atoms with E-state index in [2.05, 4.69) is 39.3 Å². The van der Waals surface area contributed by atoms with Crippen LogP contribution in [0.15, 0.2) is 16.9 Å². The molecule has 2 N–H and O–H groups in total. The topological polar surface area (TPSA) is 79.6 Å². The zero-order valence-corrected chi connectivity index (χ0v) is 11.0. The molecule has 0 saturated heterocycles. The summed E-state index contributed by atoms with van der Waals surface area (Å²) < 4.78 is 5.24. The second-order valence-electron chi connectivity index (χ2n) is 4.77. The number of aromatic nitrogens is 4. The number of rotatable bonds is 6. The first-order chi connectivity index (χ1) is 8.69. The van der Waals surface area contributed by atoms with Crippen LogP contribution in [0.25, 0.3) is 11.6 Å². The molecule has 0 aromatic carbocycles. The van der Waals surface area contributed by atoms with E-state index in [1.807, 2.05) is 7.05 Å². The summed E-state index contributed by atoms with van der Waals surface area (Å²) in [6.45, 7) is 4.40. The van der Waals surface area contributed by atoms with Crippen LogP contribution in [0.5, 0.6) is 0 Å². The number of hydrogen-bond acceptors (Lipinski definition) is 5. The Labute approximate surface area is 106 Å². The fourth-order valence-electron chi connectivity index (χ4n) is 1.90. The maximum Gasteiger partial charge on any atom is 0.238 e. The molecule has 0 bridgehead atoms. The van der Waals surface area contributed by atoms with Crippen LogP contribution < -0.4 is 5.32 Å². The van der Waals surface area contributed by atoms with Gasteiger partial charge in [0.05, 0.1) is 0 Å². The number of imidazole rings is 1. The molecule has 6 nitrogen and oxygen atoms in total. The van der Waals surface area contributed by atoms with E-state index in [0.717, 1.165) is 12.8 Å². The number of nitrogens with zero attached hydrogens (tertiary/aromatic N) is 3. The van der Waals surface area contributed by atoms with Crippen LogP contribution in [0.2, 0.25) is 0 Å². The van der Waals surface area contributed by atoms with Crippen LogP contribution in [0.3, 0.4) is 0 Å². The molecule has 1 atom stereocenters. The normalized spacial score (nSPS) is 13.1. The van der Waals surface area contributed by atoms with Crippen LogP contribution in [0.4, 0.5) is 0 Å². The van der Waals surface area contributed by atoms with Crippen molar-refractivity contribution in [3.8, 4) is 11.6 Å². The molecule has 2 aromatic rings. The van der Waals surface area contributed by atoms with Gasteiger partial charge in [0, 0.05) is 24.9 Å². The molecule has 2 rings (SSSR count). The quantitative estimate of drug-likeness (QED) is 0.813. The van der Waals surface area contributed by atoms with Gasteiger partial charge in [0.25, 0.3) is 0 Å². The maximum atomic E-state index is 5.24. The van der Waals surface area contributed by atoms with Crippen molar-refractivity contribution in [3.63, 3.8) is 0 Å². The Hall–Kier alpha value is -1.69. The van der Waals surface area contributed by atoms with E-state index in [9.17, 15) is 0 Å². The lowest BCUT2D eigenvalue weighted by atomic mass is 10.0. The van der Waals surface area contributed by atoms with Crippen LogP contribution in [-0.4, -0.2) is 33.2 Å². The van der Waals surface area contributed by atoms with E-state index in [1.165, 1.54) is 0 Å². The van der Waals surface area contributed by atoms with Gasteiger partial charge in [-0.3, -0.25) is 0 Å². The summed E-state index contributed by atoms with van der Waals surface area (Å²) in [6.07, 6.45) is 5.22. The fourth-order valence-corrected chi connectivity index (χ4v) is 1.90. The number of aromatic amines is 1. The number of H-pyrrole nitrogens is 1. The third-order valence-electron chi connectivity index (χ3n) is 2.76. The fraction of sp³-hybridized carbons (Fsp3) is 0.583. The van der Waals surface area contributed by atoms with E-state index in [-0.39, 0.29) is 0 Å². The van der Waals surface area contributed by atoms with Crippen molar-refractivity contribution in [1.82, 2.24) is 25.4 Å². The van der Waals surface area contributed by atoms with Gasteiger partial charge < -0.3 is 14.8 Å². The zero-order valence-electron chi connectivity index (χ0n) is 11.0. The number of nitrogens with one attached hydrogen (secondary N) is 2. The summed E-state index contributed by atoms with van der Waals surface area (Å²) in [5, 5.41) is 7.19. The van der Waals surface area contributed by atoms with Gasteiger partial charge in [-0.25, -0.2) is 4.98 Å². The van der Waals surface area contributed by atoms with Crippen molar-refractivity contribution in [2.75, 3.05) is 7.05 Å². The molecular weight excluding hydrogens is 230 g/mol. The summed E-state index contributed by atoms with van der Waals surface area (Å²) in [6, 6.07) is 0.356. The lowest BCUT2D eigenvalue weighted by Crippen LogP contribution is -2.29. The summed E-state index contributed by atoms with van der Waals surface area (Å²) >= 11 is 0.